The molecule has 3 heteroatoms. The van der Waals surface area contributed by atoms with Crippen molar-refractivity contribution in [2.24, 2.45) is 0 Å². The first-order valence-electron chi connectivity index (χ1n) is 6.89. The van der Waals surface area contributed by atoms with Crippen LogP contribution in [0.2, 0.25) is 0 Å². The SMILES string of the molecule is Nc1ccc(CNC(=O)CCCc2ccccc2)cc1. The molecule has 0 aliphatic rings. The summed E-state index contributed by atoms with van der Waals surface area (Å²) in [5.41, 5.74) is 8.70. The third-order valence-electron chi connectivity index (χ3n) is 3.18. The molecular weight excluding hydrogens is 248 g/mol. The summed E-state index contributed by atoms with van der Waals surface area (Å²) < 4.78 is 0. The number of nitrogen functional groups attached to an aromatic ring is 1. The van der Waals surface area contributed by atoms with Gasteiger partial charge >= 0.3 is 0 Å². The molecule has 0 fully saturated rings. The Morgan fingerprint density at radius 2 is 1.65 bits per heavy atom. The Kier molecular flexibility index (Phi) is 5.18. The van der Waals surface area contributed by atoms with Crippen LogP contribution in [0, 0.1) is 0 Å². The van der Waals surface area contributed by atoms with Crippen molar-refractivity contribution in [3.05, 3.63) is 65.7 Å². The number of hydrogen-bond donors (Lipinski definition) is 2. The lowest BCUT2D eigenvalue weighted by Crippen LogP contribution is -2.22. The van der Waals surface area contributed by atoms with Gasteiger partial charge in [-0.3, -0.25) is 4.79 Å². The highest BCUT2D eigenvalue weighted by Crippen LogP contribution is 2.06. The van der Waals surface area contributed by atoms with Gasteiger partial charge in [0.15, 0.2) is 0 Å². The van der Waals surface area contributed by atoms with E-state index >= 15 is 0 Å². The van der Waals surface area contributed by atoms with Crippen LogP contribution in [0.3, 0.4) is 0 Å². The first-order chi connectivity index (χ1) is 9.74. The zero-order valence-corrected chi connectivity index (χ0v) is 11.5. The van der Waals surface area contributed by atoms with Gasteiger partial charge in [-0.05, 0) is 36.1 Å². The standard InChI is InChI=1S/C17H20N2O/c18-16-11-9-15(10-12-16)13-19-17(20)8-4-7-14-5-2-1-3-6-14/h1-3,5-6,9-12H,4,7-8,13,18H2,(H,19,20). The van der Waals surface area contributed by atoms with E-state index in [1.54, 1.807) is 0 Å². The van der Waals surface area contributed by atoms with Crippen LogP contribution in [0.4, 0.5) is 5.69 Å². The van der Waals surface area contributed by atoms with E-state index in [2.05, 4.69) is 17.4 Å². The number of anilines is 1. The molecule has 0 aromatic heterocycles. The first kappa shape index (κ1) is 14.1. The number of amides is 1. The Morgan fingerprint density at radius 1 is 0.950 bits per heavy atom. The van der Waals surface area contributed by atoms with E-state index in [1.165, 1.54) is 5.56 Å². The quantitative estimate of drug-likeness (QED) is 0.791. The molecular formula is C17H20N2O. The van der Waals surface area contributed by atoms with Crippen molar-refractivity contribution in [2.75, 3.05) is 5.73 Å². The number of benzene rings is 2. The topological polar surface area (TPSA) is 55.1 Å². The van der Waals surface area contributed by atoms with Gasteiger partial charge in [0, 0.05) is 18.7 Å². The third kappa shape index (κ3) is 4.76. The number of hydrogen-bond acceptors (Lipinski definition) is 2. The van der Waals surface area contributed by atoms with E-state index in [9.17, 15) is 4.79 Å². The number of nitrogens with one attached hydrogen (secondary N) is 1. The van der Waals surface area contributed by atoms with Crippen LogP contribution >= 0.6 is 0 Å². The van der Waals surface area contributed by atoms with E-state index in [0.717, 1.165) is 24.1 Å². The Bertz CT molecular complexity index is 535. The zero-order valence-electron chi connectivity index (χ0n) is 11.5. The Balaban J connectivity index is 1.67. The molecule has 0 saturated heterocycles. The summed E-state index contributed by atoms with van der Waals surface area (Å²) in [5.74, 6) is 0.0951. The van der Waals surface area contributed by atoms with Gasteiger partial charge < -0.3 is 11.1 Å². The van der Waals surface area contributed by atoms with Gasteiger partial charge in [-0.2, -0.15) is 0 Å². The number of aryl methyl sites for hydroxylation is 1. The number of nitrogens with two attached hydrogens (primary N) is 1. The molecule has 2 aromatic carbocycles. The van der Waals surface area contributed by atoms with E-state index < -0.39 is 0 Å². The summed E-state index contributed by atoms with van der Waals surface area (Å²) in [4.78, 5) is 11.7. The van der Waals surface area contributed by atoms with Gasteiger partial charge in [-0.1, -0.05) is 42.5 Å². The van der Waals surface area contributed by atoms with Crippen LogP contribution in [0.15, 0.2) is 54.6 Å². The average Bonchev–Trinajstić information content (AvgIpc) is 2.48. The van der Waals surface area contributed by atoms with Gasteiger partial charge in [0.25, 0.3) is 0 Å². The van der Waals surface area contributed by atoms with Gasteiger partial charge in [0.2, 0.25) is 5.91 Å². The van der Waals surface area contributed by atoms with Crippen LogP contribution in [-0.4, -0.2) is 5.91 Å². The molecule has 104 valence electrons. The highest BCUT2D eigenvalue weighted by molar-refractivity contribution is 5.75. The molecule has 0 unspecified atom stereocenters. The van der Waals surface area contributed by atoms with Crippen molar-refractivity contribution in [3.63, 3.8) is 0 Å². The maximum atomic E-state index is 11.7. The fourth-order valence-corrected chi connectivity index (χ4v) is 2.02. The molecule has 0 atom stereocenters. The molecule has 0 saturated carbocycles. The number of carbonyl (C=O) groups excluding carboxylic acids is 1. The molecule has 3 N–H and O–H groups in total. The van der Waals surface area contributed by atoms with Crippen molar-refractivity contribution < 1.29 is 4.79 Å². The predicted octanol–water partition coefficient (Wildman–Crippen LogP) is 2.91. The molecule has 0 spiro atoms. The molecule has 0 radical (unpaired) electrons. The van der Waals surface area contributed by atoms with Gasteiger partial charge in [0.1, 0.15) is 0 Å². The molecule has 0 bridgehead atoms. The van der Waals surface area contributed by atoms with Crippen LogP contribution in [0.25, 0.3) is 0 Å². The smallest absolute Gasteiger partial charge is 0.220 e. The van der Waals surface area contributed by atoms with Crippen molar-refractivity contribution in [1.29, 1.82) is 0 Å². The minimum absolute atomic E-state index is 0.0951. The highest BCUT2D eigenvalue weighted by atomic mass is 16.1. The van der Waals surface area contributed by atoms with E-state index in [1.807, 2.05) is 42.5 Å². The Hall–Kier alpha value is -2.29. The fraction of sp³-hybridized carbons (Fsp3) is 0.235. The maximum absolute atomic E-state index is 11.7. The van der Waals surface area contributed by atoms with E-state index in [-0.39, 0.29) is 5.91 Å². The molecule has 1 amide bonds. The average molecular weight is 268 g/mol. The van der Waals surface area contributed by atoms with Crippen LogP contribution in [0.1, 0.15) is 24.0 Å². The number of rotatable bonds is 6. The Morgan fingerprint density at radius 3 is 2.35 bits per heavy atom. The molecule has 20 heavy (non-hydrogen) atoms. The summed E-state index contributed by atoms with van der Waals surface area (Å²) in [7, 11) is 0. The molecule has 0 heterocycles. The van der Waals surface area contributed by atoms with Crippen LogP contribution in [-0.2, 0) is 17.8 Å². The highest BCUT2D eigenvalue weighted by Gasteiger charge is 2.01. The first-order valence-corrected chi connectivity index (χ1v) is 6.89. The monoisotopic (exact) mass is 268 g/mol. The summed E-state index contributed by atoms with van der Waals surface area (Å²) >= 11 is 0. The van der Waals surface area contributed by atoms with Crippen molar-refractivity contribution in [3.8, 4) is 0 Å². The lowest BCUT2D eigenvalue weighted by atomic mass is 10.1. The van der Waals surface area contributed by atoms with Gasteiger partial charge in [-0.25, -0.2) is 0 Å². The van der Waals surface area contributed by atoms with Gasteiger partial charge in [-0.15, -0.1) is 0 Å². The van der Waals surface area contributed by atoms with Crippen molar-refractivity contribution in [1.82, 2.24) is 5.32 Å². The van der Waals surface area contributed by atoms with Gasteiger partial charge in [0.05, 0.1) is 0 Å². The second kappa shape index (κ2) is 7.34. The molecule has 2 rings (SSSR count). The summed E-state index contributed by atoms with van der Waals surface area (Å²) in [6.07, 6.45) is 2.37. The van der Waals surface area contributed by atoms with Crippen LogP contribution < -0.4 is 11.1 Å². The molecule has 3 nitrogen and oxygen atoms in total. The minimum Gasteiger partial charge on any atom is -0.399 e. The molecule has 2 aromatic rings. The third-order valence-corrected chi connectivity index (χ3v) is 3.18. The van der Waals surface area contributed by atoms with Crippen molar-refractivity contribution >= 4 is 11.6 Å². The zero-order chi connectivity index (χ0) is 14.2. The maximum Gasteiger partial charge on any atom is 0.220 e. The molecule has 0 aliphatic heterocycles. The minimum atomic E-state index is 0.0951. The molecule has 0 aliphatic carbocycles. The van der Waals surface area contributed by atoms with E-state index in [0.29, 0.717) is 13.0 Å². The van der Waals surface area contributed by atoms with E-state index in [4.69, 9.17) is 5.73 Å². The number of carbonyl (C=O) groups is 1. The largest absolute Gasteiger partial charge is 0.399 e. The predicted molar refractivity (Wildman–Crippen MR) is 82.1 cm³/mol. The summed E-state index contributed by atoms with van der Waals surface area (Å²) in [5, 5.41) is 2.92. The summed E-state index contributed by atoms with van der Waals surface area (Å²) in [6, 6.07) is 17.8. The lowest BCUT2D eigenvalue weighted by Gasteiger charge is -2.06. The second-order valence-electron chi connectivity index (χ2n) is 4.86. The fourth-order valence-electron chi connectivity index (χ4n) is 2.02. The summed E-state index contributed by atoms with van der Waals surface area (Å²) in [6.45, 7) is 0.560. The van der Waals surface area contributed by atoms with Crippen LogP contribution in [0.5, 0.6) is 0 Å². The normalized spacial score (nSPS) is 10.2. The second-order valence-corrected chi connectivity index (χ2v) is 4.86. The lowest BCUT2D eigenvalue weighted by molar-refractivity contribution is -0.121. The Labute approximate surface area is 119 Å². The van der Waals surface area contributed by atoms with Crippen molar-refractivity contribution in [2.45, 2.75) is 25.8 Å².